The molecule has 50 heavy (non-hydrogen) atoms. The van der Waals surface area contributed by atoms with Crippen molar-refractivity contribution in [3.05, 3.63) is 0 Å². The number of methoxy groups -OCH3 is 2. The molecule has 0 spiro atoms. The molecule has 0 aliphatic heterocycles. The Bertz CT molecular complexity index is 881. The second-order valence-electron chi connectivity index (χ2n) is 14.1. The molecule has 0 aliphatic rings. The third-order valence-electron chi connectivity index (χ3n) is 9.62. The standard InChI is InChI=1S/C40H74N2O8/c1-4-5-6-7-14-17-20-25-34(30-32-39(46)50-3)29-31-37(44)42-35(40(47)48)26-23-24-33-41-36(43)27-21-18-15-12-10-8-9-11-13-16-19-22-28-38(45)49-2/h34-35H,4-33H2,1-3H3,(H,41,43)(H,42,44)(H,47,48)/t34?,35-/m0/s1. The summed E-state index contributed by atoms with van der Waals surface area (Å²) in [6.07, 6.45) is 27.6. The Morgan fingerprint density at radius 2 is 0.960 bits per heavy atom. The van der Waals surface area contributed by atoms with Gasteiger partial charge in [-0.2, -0.15) is 0 Å². The maximum absolute atomic E-state index is 12.7. The van der Waals surface area contributed by atoms with Crippen LogP contribution in [0.3, 0.4) is 0 Å². The number of aliphatic carboxylic acids is 1. The monoisotopic (exact) mass is 711 g/mol. The second-order valence-corrected chi connectivity index (χ2v) is 14.1. The molecule has 2 amide bonds. The summed E-state index contributed by atoms with van der Waals surface area (Å²) in [4.78, 5) is 59.5. The molecule has 0 bridgehead atoms. The van der Waals surface area contributed by atoms with E-state index >= 15 is 0 Å². The minimum absolute atomic E-state index is 0.0397. The number of amides is 2. The summed E-state index contributed by atoms with van der Waals surface area (Å²) in [5.41, 5.74) is 0. The molecular weight excluding hydrogens is 636 g/mol. The van der Waals surface area contributed by atoms with Gasteiger partial charge in [0.05, 0.1) is 14.2 Å². The van der Waals surface area contributed by atoms with Crippen LogP contribution in [0.25, 0.3) is 0 Å². The van der Waals surface area contributed by atoms with Crippen LogP contribution in [0.15, 0.2) is 0 Å². The highest BCUT2D eigenvalue weighted by atomic mass is 16.5. The maximum Gasteiger partial charge on any atom is 0.326 e. The average molecular weight is 711 g/mol. The van der Waals surface area contributed by atoms with Gasteiger partial charge in [-0.3, -0.25) is 19.2 Å². The molecule has 0 aliphatic carbocycles. The number of unbranched alkanes of at least 4 members (excludes halogenated alkanes) is 18. The van der Waals surface area contributed by atoms with Crippen LogP contribution >= 0.6 is 0 Å². The molecule has 0 aromatic carbocycles. The van der Waals surface area contributed by atoms with Gasteiger partial charge >= 0.3 is 17.9 Å². The molecule has 0 saturated carbocycles. The number of nitrogens with one attached hydrogen (secondary N) is 2. The predicted octanol–water partition coefficient (Wildman–Crippen LogP) is 8.97. The zero-order chi connectivity index (χ0) is 37.1. The highest BCUT2D eigenvalue weighted by molar-refractivity contribution is 5.83. The van der Waals surface area contributed by atoms with Gasteiger partial charge in [-0.1, -0.05) is 122 Å². The molecular formula is C40H74N2O8. The number of rotatable bonds is 36. The van der Waals surface area contributed by atoms with Gasteiger partial charge in [0.1, 0.15) is 6.04 Å². The number of ether oxygens (including phenoxy) is 2. The maximum atomic E-state index is 12.7. The molecule has 0 radical (unpaired) electrons. The third kappa shape index (κ3) is 31.3. The molecule has 0 saturated heterocycles. The van der Waals surface area contributed by atoms with Gasteiger partial charge in [-0.05, 0) is 50.9 Å². The Morgan fingerprint density at radius 1 is 0.500 bits per heavy atom. The van der Waals surface area contributed by atoms with E-state index in [4.69, 9.17) is 4.74 Å². The van der Waals surface area contributed by atoms with Crippen molar-refractivity contribution < 1.29 is 38.6 Å². The normalized spacial score (nSPS) is 12.2. The first-order valence-corrected chi connectivity index (χ1v) is 20.2. The summed E-state index contributed by atoms with van der Waals surface area (Å²) in [5.74, 6) is -1.41. The Hall–Kier alpha value is -2.65. The molecule has 0 aromatic rings. The Kier molecular flexibility index (Phi) is 32.9. The van der Waals surface area contributed by atoms with E-state index in [1.165, 1.54) is 91.3 Å². The summed E-state index contributed by atoms with van der Waals surface area (Å²) in [5, 5.41) is 15.3. The van der Waals surface area contributed by atoms with Crippen molar-refractivity contribution in [2.75, 3.05) is 20.8 Å². The van der Waals surface area contributed by atoms with E-state index < -0.39 is 12.0 Å². The topological polar surface area (TPSA) is 148 Å². The minimum atomic E-state index is -1.04. The Labute approximate surface area is 304 Å². The lowest BCUT2D eigenvalue weighted by Crippen LogP contribution is -2.41. The average Bonchev–Trinajstić information content (AvgIpc) is 3.10. The van der Waals surface area contributed by atoms with Crippen molar-refractivity contribution in [2.24, 2.45) is 5.92 Å². The number of hydrogen-bond acceptors (Lipinski definition) is 7. The molecule has 0 aromatic heterocycles. The fraction of sp³-hybridized carbons (Fsp3) is 0.875. The van der Waals surface area contributed by atoms with Gasteiger partial charge in [-0.15, -0.1) is 0 Å². The van der Waals surface area contributed by atoms with E-state index in [1.54, 1.807) is 0 Å². The highest BCUT2D eigenvalue weighted by Crippen LogP contribution is 2.22. The quantitative estimate of drug-likeness (QED) is 0.0431. The van der Waals surface area contributed by atoms with E-state index in [1.807, 2.05) is 0 Å². The number of carbonyl (C=O) groups is 5. The summed E-state index contributed by atoms with van der Waals surface area (Å²) >= 11 is 0. The van der Waals surface area contributed by atoms with E-state index in [9.17, 15) is 29.1 Å². The predicted molar refractivity (Wildman–Crippen MR) is 200 cm³/mol. The first kappa shape index (κ1) is 47.4. The van der Waals surface area contributed by atoms with E-state index in [0.29, 0.717) is 57.9 Å². The zero-order valence-electron chi connectivity index (χ0n) is 32.2. The van der Waals surface area contributed by atoms with Crippen LogP contribution in [0.1, 0.15) is 193 Å². The molecule has 0 fully saturated rings. The Balaban J connectivity index is 4.01. The first-order chi connectivity index (χ1) is 24.2. The molecule has 3 N–H and O–H groups in total. The van der Waals surface area contributed by atoms with Crippen LogP contribution in [0, 0.1) is 5.92 Å². The smallest absolute Gasteiger partial charge is 0.326 e. The minimum Gasteiger partial charge on any atom is -0.480 e. The van der Waals surface area contributed by atoms with E-state index in [2.05, 4.69) is 22.3 Å². The zero-order valence-corrected chi connectivity index (χ0v) is 32.2. The van der Waals surface area contributed by atoms with Crippen molar-refractivity contribution in [2.45, 2.75) is 199 Å². The van der Waals surface area contributed by atoms with Crippen molar-refractivity contribution >= 4 is 29.7 Å². The van der Waals surface area contributed by atoms with Gasteiger partial charge in [0, 0.05) is 32.2 Å². The van der Waals surface area contributed by atoms with Gasteiger partial charge in [0.15, 0.2) is 0 Å². The van der Waals surface area contributed by atoms with Crippen LogP contribution in [0.5, 0.6) is 0 Å². The SMILES string of the molecule is CCCCCCCCCC(CCC(=O)N[C@@H](CCCCNC(=O)CCCCCCCCCCCCCCC(=O)OC)C(=O)O)CCC(=O)OC. The second kappa shape index (κ2) is 34.8. The lowest BCUT2D eigenvalue weighted by molar-refractivity contribution is -0.142. The van der Waals surface area contributed by atoms with Crippen LogP contribution in [-0.4, -0.2) is 61.6 Å². The molecule has 10 heteroatoms. The number of carboxylic acids is 1. The van der Waals surface area contributed by atoms with Gasteiger partial charge in [0.25, 0.3) is 0 Å². The molecule has 292 valence electrons. The summed E-state index contributed by atoms with van der Waals surface area (Å²) in [6, 6.07) is -0.945. The lowest BCUT2D eigenvalue weighted by atomic mass is 9.91. The van der Waals surface area contributed by atoms with Gasteiger partial charge in [-0.25, -0.2) is 4.79 Å². The molecule has 0 heterocycles. The number of carboxylic acid groups (broad SMARTS) is 1. The fourth-order valence-corrected chi connectivity index (χ4v) is 6.32. The Morgan fingerprint density at radius 3 is 1.50 bits per heavy atom. The van der Waals surface area contributed by atoms with Crippen LogP contribution in [0.2, 0.25) is 0 Å². The van der Waals surface area contributed by atoms with Crippen molar-refractivity contribution in [3.63, 3.8) is 0 Å². The fourth-order valence-electron chi connectivity index (χ4n) is 6.32. The van der Waals surface area contributed by atoms with Crippen molar-refractivity contribution in [3.8, 4) is 0 Å². The van der Waals surface area contributed by atoms with Gasteiger partial charge < -0.3 is 25.2 Å². The molecule has 0 rings (SSSR count). The van der Waals surface area contributed by atoms with Crippen molar-refractivity contribution in [1.82, 2.24) is 10.6 Å². The number of esters is 2. The molecule has 1 unspecified atom stereocenters. The number of hydrogen-bond donors (Lipinski definition) is 3. The summed E-state index contributed by atoms with van der Waals surface area (Å²) < 4.78 is 9.45. The lowest BCUT2D eigenvalue weighted by Gasteiger charge is -2.18. The highest BCUT2D eigenvalue weighted by Gasteiger charge is 2.21. The van der Waals surface area contributed by atoms with E-state index in [-0.39, 0.29) is 36.1 Å². The molecule has 10 nitrogen and oxygen atoms in total. The largest absolute Gasteiger partial charge is 0.480 e. The number of carbonyl (C=O) groups excluding carboxylic acids is 4. The summed E-state index contributed by atoms with van der Waals surface area (Å²) in [6.45, 7) is 2.71. The third-order valence-corrected chi connectivity index (χ3v) is 9.62. The van der Waals surface area contributed by atoms with Gasteiger partial charge in [0.2, 0.25) is 11.8 Å². The molecule has 2 atom stereocenters. The van der Waals surface area contributed by atoms with Crippen LogP contribution < -0.4 is 10.6 Å². The van der Waals surface area contributed by atoms with E-state index in [0.717, 1.165) is 51.4 Å². The van der Waals surface area contributed by atoms with Crippen molar-refractivity contribution in [1.29, 1.82) is 0 Å². The van der Waals surface area contributed by atoms with Crippen LogP contribution in [0.4, 0.5) is 0 Å². The summed E-state index contributed by atoms with van der Waals surface area (Å²) in [7, 11) is 2.82. The van der Waals surface area contributed by atoms with Crippen LogP contribution in [-0.2, 0) is 33.4 Å². The first-order valence-electron chi connectivity index (χ1n) is 20.2.